The van der Waals surface area contributed by atoms with Gasteiger partial charge in [-0.25, -0.2) is 12.9 Å². The van der Waals surface area contributed by atoms with Crippen LogP contribution in [-0.4, -0.2) is 49.7 Å². The Hall–Kier alpha value is -4.96. The first-order valence-corrected chi connectivity index (χ1v) is 16.5. The van der Waals surface area contributed by atoms with Gasteiger partial charge in [-0.2, -0.15) is 5.10 Å². The van der Waals surface area contributed by atoms with Crippen LogP contribution in [0.1, 0.15) is 52.6 Å². The Morgan fingerprint density at radius 1 is 0.911 bits per heavy atom. The van der Waals surface area contributed by atoms with E-state index in [2.05, 4.69) is 10.6 Å². The fraction of sp³-hybridized carbons (Fsp3) is 0.229. The Balaban J connectivity index is 1.70. The van der Waals surface area contributed by atoms with Crippen LogP contribution in [0.2, 0.25) is 0 Å². The van der Waals surface area contributed by atoms with E-state index in [4.69, 9.17) is 5.10 Å². The van der Waals surface area contributed by atoms with E-state index in [1.807, 2.05) is 81.4 Å². The van der Waals surface area contributed by atoms with Crippen LogP contribution in [0.25, 0.3) is 27.9 Å². The fourth-order valence-corrected chi connectivity index (χ4v) is 6.44. The van der Waals surface area contributed by atoms with Crippen molar-refractivity contribution in [1.82, 2.24) is 20.2 Å². The SMILES string of the molecule is CCN(c1cn2nc(-c3ccc(C)cc3)c(C(=O)NC)c2cc1-c1cccc(C(=O)NC(C)(C)c2ccccc2)c1)S(C)(=O)=O. The number of nitrogens with one attached hydrogen (secondary N) is 2. The first-order valence-electron chi connectivity index (χ1n) is 14.7. The number of hydrogen-bond acceptors (Lipinski definition) is 5. The van der Waals surface area contributed by atoms with Gasteiger partial charge in [0.05, 0.1) is 34.8 Å². The lowest BCUT2D eigenvalue weighted by molar-refractivity contribution is 0.0910. The zero-order valence-electron chi connectivity index (χ0n) is 26.3. The number of carbonyl (C=O) groups excluding carboxylic acids is 2. The molecule has 0 aliphatic carbocycles. The van der Waals surface area contributed by atoms with Crippen LogP contribution >= 0.6 is 0 Å². The van der Waals surface area contributed by atoms with Crippen LogP contribution in [0.15, 0.2) is 91.1 Å². The van der Waals surface area contributed by atoms with Gasteiger partial charge in [0.15, 0.2) is 0 Å². The minimum atomic E-state index is -3.70. The quantitative estimate of drug-likeness (QED) is 0.216. The molecular weight excluding hydrogens is 586 g/mol. The van der Waals surface area contributed by atoms with E-state index in [1.165, 1.54) is 4.31 Å². The number of pyridine rings is 1. The van der Waals surface area contributed by atoms with Crippen molar-refractivity contribution in [2.75, 3.05) is 24.2 Å². The minimum absolute atomic E-state index is 0.164. The molecule has 0 aliphatic rings. The van der Waals surface area contributed by atoms with E-state index in [1.54, 1.807) is 48.9 Å². The van der Waals surface area contributed by atoms with Crippen molar-refractivity contribution >= 4 is 33.0 Å². The van der Waals surface area contributed by atoms with Crippen molar-refractivity contribution < 1.29 is 18.0 Å². The molecule has 45 heavy (non-hydrogen) atoms. The number of aryl methyl sites for hydroxylation is 1. The highest BCUT2D eigenvalue weighted by Gasteiger charge is 2.27. The predicted molar refractivity (Wildman–Crippen MR) is 179 cm³/mol. The van der Waals surface area contributed by atoms with Gasteiger partial charge >= 0.3 is 0 Å². The highest BCUT2D eigenvalue weighted by molar-refractivity contribution is 7.92. The van der Waals surface area contributed by atoms with Crippen LogP contribution in [0, 0.1) is 6.92 Å². The molecule has 3 aromatic carbocycles. The zero-order chi connectivity index (χ0) is 32.5. The highest BCUT2D eigenvalue weighted by Crippen LogP contribution is 2.37. The third-order valence-corrected chi connectivity index (χ3v) is 9.10. The second-order valence-electron chi connectivity index (χ2n) is 11.5. The van der Waals surface area contributed by atoms with Gasteiger partial charge in [-0.1, -0.05) is 72.3 Å². The number of rotatable bonds is 9. The third-order valence-electron chi connectivity index (χ3n) is 7.84. The number of benzene rings is 3. The van der Waals surface area contributed by atoms with Gasteiger partial charge in [-0.3, -0.25) is 13.9 Å². The maximum atomic E-state index is 13.5. The number of nitrogens with zero attached hydrogens (tertiary/aromatic N) is 3. The largest absolute Gasteiger partial charge is 0.355 e. The van der Waals surface area contributed by atoms with Gasteiger partial charge < -0.3 is 10.6 Å². The van der Waals surface area contributed by atoms with Crippen molar-refractivity contribution in [2.24, 2.45) is 0 Å². The van der Waals surface area contributed by atoms with Crippen molar-refractivity contribution in [3.63, 3.8) is 0 Å². The summed E-state index contributed by atoms with van der Waals surface area (Å²) in [5, 5.41) is 10.6. The van der Waals surface area contributed by atoms with Crippen molar-refractivity contribution in [2.45, 2.75) is 33.2 Å². The molecule has 2 N–H and O–H groups in total. The number of amides is 2. The Kier molecular flexibility index (Phi) is 8.53. The second kappa shape index (κ2) is 12.2. The molecule has 232 valence electrons. The predicted octanol–water partition coefficient (Wildman–Crippen LogP) is 5.79. The number of carbonyl (C=O) groups is 2. The summed E-state index contributed by atoms with van der Waals surface area (Å²) in [7, 11) is -2.14. The Labute approximate surface area is 264 Å². The van der Waals surface area contributed by atoms with Gasteiger partial charge in [-0.05, 0) is 57.0 Å². The van der Waals surface area contributed by atoms with Gasteiger partial charge in [0.1, 0.15) is 5.69 Å². The number of anilines is 1. The highest BCUT2D eigenvalue weighted by atomic mass is 32.2. The average molecular weight is 624 g/mol. The summed E-state index contributed by atoms with van der Waals surface area (Å²) >= 11 is 0. The summed E-state index contributed by atoms with van der Waals surface area (Å²) in [4.78, 5) is 26.8. The molecule has 0 radical (unpaired) electrons. The van der Waals surface area contributed by atoms with Crippen LogP contribution < -0.4 is 14.9 Å². The van der Waals surface area contributed by atoms with Crippen molar-refractivity contribution in [3.8, 4) is 22.4 Å². The zero-order valence-corrected chi connectivity index (χ0v) is 27.1. The van der Waals surface area contributed by atoms with Crippen LogP contribution in [-0.2, 0) is 15.6 Å². The molecule has 0 saturated carbocycles. The standard InChI is InChI=1S/C35H37N5O4S/c1-7-40(45(6,43)44)30-22-39-29(31(34(42)36-5)32(38-39)24-18-16-23(2)17-19-24)21-28(30)25-12-11-13-26(20-25)33(41)37-35(3,4)27-14-9-8-10-15-27/h8-22H,7H2,1-6H3,(H,36,42)(H,37,41). The molecule has 2 heterocycles. The summed E-state index contributed by atoms with van der Waals surface area (Å²) < 4.78 is 28.8. The van der Waals surface area contributed by atoms with E-state index >= 15 is 0 Å². The monoisotopic (exact) mass is 623 g/mol. The molecule has 0 saturated heterocycles. The summed E-state index contributed by atoms with van der Waals surface area (Å²) in [6, 6.07) is 26.2. The van der Waals surface area contributed by atoms with Crippen LogP contribution in [0.4, 0.5) is 5.69 Å². The maximum Gasteiger partial charge on any atom is 0.255 e. The van der Waals surface area contributed by atoms with E-state index in [-0.39, 0.29) is 18.4 Å². The number of aromatic nitrogens is 2. The van der Waals surface area contributed by atoms with E-state index in [0.717, 1.165) is 22.9 Å². The summed E-state index contributed by atoms with van der Waals surface area (Å²) in [6.45, 7) is 7.77. The van der Waals surface area contributed by atoms with Gasteiger partial charge in [-0.15, -0.1) is 0 Å². The molecule has 0 aliphatic heterocycles. The normalized spacial score (nSPS) is 11.8. The Morgan fingerprint density at radius 3 is 2.22 bits per heavy atom. The van der Waals surface area contributed by atoms with Gasteiger partial charge in [0, 0.05) is 30.3 Å². The molecule has 5 aromatic rings. The smallest absolute Gasteiger partial charge is 0.255 e. The molecular formula is C35H37N5O4S. The number of hydrogen-bond donors (Lipinski definition) is 2. The third kappa shape index (κ3) is 6.32. The number of fused-ring (bicyclic) bond motifs is 1. The second-order valence-corrected chi connectivity index (χ2v) is 13.4. The molecule has 0 spiro atoms. The summed E-state index contributed by atoms with van der Waals surface area (Å²) in [6.07, 6.45) is 2.78. The first-order chi connectivity index (χ1) is 21.3. The summed E-state index contributed by atoms with van der Waals surface area (Å²) in [5.41, 5.74) is 5.38. The van der Waals surface area contributed by atoms with Crippen molar-refractivity contribution in [1.29, 1.82) is 0 Å². The molecule has 0 fully saturated rings. The van der Waals surface area contributed by atoms with E-state index in [9.17, 15) is 18.0 Å². The average Bonchev–Trinajstić information content (AvgIpc) is 3.39. The number of sulfonamides is 1. The molecule has 2 amide bonds. The van der Waals surface area contributed by atoms with E-state index in [0.29, 0.717) is 39.2 Å². The molecule has 5 rings (SSSR count). The van der Waals surface area contributed by atoms with Crippen molar-refractivity contribution in [3.05, 3.63) is 113 Å². The molecule has 2 aromatic heterocycles. The van der Waals surface area contributed by atoms with Crippen LogP contribution in [0.3, 0.4) is 0 Å². The van der Waals surface area contributed by atoms with Crippen LogP contribution in [0.5, 0.6) is 0 Å². The molecule has 0 atom stereocenters. The minimum Gasteiger partial charge on any atom is -0.355 e. The molecule has 0 bridgehead atoms. The lowest BCUT2D eigenvalue weighted by Gasteiger charge is -2.27. The van der Waals surface area contributed by atoms with E-state index < -0.39 is 15.6 Å². The molecule has 9 nitrogen and oxygen atoms in total. The maximum absolute atomic E-state index is 13.5. The lowest BCUT2D eigenvalue weighted by Crippen LogP contribution is -2.40. The topological polar surface area (TPSA) is 113 Å². The van der Waals surface area contributed by atoms with Gasteiger partial charge in [0.25, 0.3) is 11.8 Å². The molecule has 10 heteroatoms. The molecule has 0 unspecified atom stereocenters. The summed E-state index contributed by atoms with van der Waals surface area (Å²) in [5.74, 6) is -0.605. The Morgan fingerprint density at radius 2 is 1.60 bits per heavy atom. The Bertz CT molecular complexity index is 2000. The first kappa shape index (κ1) is 31.5. The fourth-order valence-electron chi connectivity index (χ4n) is 5.47. The lowest BCUT2D eigenvalue weighted by atomic mass is 9.93. The van der Waals surface area contributed by atoms with Gasteiger partial charge in [0.2, 0.25) is 10.0 Å².